The highest BCUT2D eigenvalue weighted by Crippen LogP contribution is 2.41. The molecule has 0 bridgehead atoms. The van der Waals surface area contributed by atoms with Gasteiger partial charge in [-0.1, -0.05) is 90.8 Å². The van der Waals surface area contributed by atoms with E-state index in [0.717, 1.165) is 16.8 Å². The van der Waals surface area contributed by atoms with Gasteiger partial charge >= 0.3 is 0 Å². The van der Waals surface area contributed by atoms with Crippen molar-refractivity contribution in [2.45, 2.75) is 62.4 Å². The van der Waals surface area contributed by atoms with Gasteiger partial charge in [0.1, 0.15) is 17.8 Å². The van der Waals surface area contributed by atoms with Crippen molar-refractivity contribution < 1.29 is 25.2 Å². The van der Waals surface area contributed by atoms with E-state index in [9.17, 15) is 20.4 Å². The highest BCUT2D eigenvalue weighted by atomic mass is 28.3. The summed E-state index contributed by atoms with van der Waals surface area (Å²) in [6, 6.07) is 19.0. The van der Waals surface area contributed by atoms with Crippen LogP contribution in [0.3, 0.4) is 0 Å². The molecule has 28 heavy (non-hydrogen) atoms. The average molecular weight is 402 g/mol. The molecule has 4 N–H and O–H groups in total. The molecule has 3 rings (SSSR count). The fourth-order valence-electron chi connectivity index (χ4n) is 3.99. The standard InChI is InChI=1S/C22H29O5Si/c1-3-4-15-21(25)20(24)19(23)16(2)27-22(21,26)28(17-11-7-5-8-12-17)18-13-9-6-10-14-18/h5-14,16,19-20,23-26H,3-4,15H2,1-2H3/t16-,19+,20+,21-,22?/m0/s1. The first-order valence-corrected chi connectivity index (χ1v) is 11.3. The molecule has 1 heterocycles. The lowest BCUT2D eigenvalue weighted by Gasteiger charge is -2.55. The molecule has 1 aliphatic heterocycles. The molecule has 0 amide bonds. The van der Waals surface area contributed by atoms with Gasteiger partial charge in [-0.3, -0.25) is 0 Å². The van der Waals surface area contributed by atoms with Crippen molar-refractivity contribution in [2.75, 3.05) is 0 Å². The molecule has 5 nitrogen and oxygen atoms in total. The zero-order chi connectivity index (χ0) is 20.4. The Morgan fingerprint density at radius 3 is 1.89 bits per heavy atom. The summed E-state index contributed by atoms with van der Waals surface area (Å²) in [5.74, 6) is 0. The highest BCUT2D eigenvalue weighted by Gasteiger charge is 2.66. The second-order valence-corrected chi connectivity index (χ2v) is 10.1. The first-order chi connectivity index (χ1) is 13.3. The van der Waals surface area contributed by atoms with Crippen LogP contribution in [-0.4, -0.2) is 58.5 Å². The Balaban J connectivity index is 2.19. The Morgan fingerprint density at radius 2 is 1.43 bits per heavy atom. The molecule has 2 aromatic carbocycles. The Hall–Kier alpha value is -1.54. The van der Waals surface area contributed by atoms with Gasteiger partial charge in [-0.2, -0.15) is 0 Å². The Labute approximate surface area is 167 Å². The minimum absolute atomic E-state index is 0.124. The van der Waals surface area contributed by atoms with E-state index >= 15 is 0 Å². The summed E-state index contributed by atoms with van der Waals surface area (Å²) in [6.07, 6.45) is -2.14. The van der Waals surface area contributed by atoms with Gasteiger partial charge in [0.15, 0.2) is 14.2 Å². The molecule has 1 radical (unpaired) electrons. The van der Waals surface area contributed by atoms with Crippen LogP contribution >= 0.6 is 0 Å². The van der Waals surface area contributed by atoms with Crippen molar-refractivity contribution in [3.8, 4) is 0 Å². The number of ether oxygens (including phenoxy) is 1. The van der Waals surface area contributed by atoms with Crippen molar-refractivity contribution >= 4 is 19.2 Å². The van der Waals surface area contributed by atoms with E-state index < -0.39 is 38.1 Å². The lowest BCUT2D eigenvalue weighted by Crippen LogP contribution is -2.80. The summed E-state index contributed by atoms with van der Waals surface area (Å²) in [6.45, 7) is 3.57. The van der Waals surface area contributed by atoms with Crippen molar-refractivity contribution in [3.05, 3.63) is 60.7 Å². The molecule has 5 atom stereocenters. The summed E-state index contributed by atoms with van der Waals surface area (Å²) in [5, 5.41) is 46.5. The van der Waals surface area contributed by atoms with E-state index in [4.69, 9.17) is 4.74 Å². The summed E-state index contributed by atoms with van der Waals surface area (Å²) in [4.78, 5) is 0. The summed E-state index contributed by atoms with van der Waals surface area (Å²) in [5.41, 5.74) is -4.01. The third-order valence-corrected chi connectivity index (χ3v) is 8.66. The number of aliphatic hydroxyl groups excluding tert-OH is 2. The number of aliphatic hydroxyl groups is 4. The van der Waals surface area contributed by atoms with Gasteiger partial charge in [0, 0.05) is 0 Å². The van der Waals surface area contributed by atoms with Gasteiger partial charge in [-0.25, -0.2) is 0 Å². The van der Waals surface area contributed by atoms with Crippen LogP contribution in [0.1, 0.15) is 33.1 Å². The molecule has 1 unspecified atom stereocenters. The maximum Gasteiger partial charge on any atom is 0.199 e. The van der Waals surface area contributed by atoms with E-state index in [1.165, 1.54) is 0 Å². The van der Waals surface area contributed by atoms with Crippen LogP contribution in [0.4, 0.5) is 0 Å². The van der Waals surface area contributed by atoms with Gasteiger partial charge < -0.3 is 25.2 Å². The number of rotatable bonds is 6. The number of benzene rings is 2. The van der Waals surface area contributed by atoms with Crippen molar-refractivity contribution in [1.29, 1.82) is 0 Å². The number of hydrogen-bond acceptors (Lipinski definition) is 5. The van der Waals surface area contributed by atoms with Crippen LogP contribution in [0.5, 0.6) is 0 Å². The molecule has 151 valence electrons. The molecule has 0 aliphatic carbocycles. The largest absolute Gasteiger partial charge is 0.388 e. The third-order valence-electron chi connectivity index (χ3n) is 5.61. The van der Waals surface area contributed by atoms with Crippen LogP contribution < -0.4 is 10.4 Å². The zero-order valence-corrected chi connectivity index (χ0v) is 17.3. The molecule has 1 aliphatic rings. The van der Waals surface area contributed by atoms with E-state index in [1.54, 1.807) is 6.92 Å². The van der Waals surface area contributed by atoms with Crippen LogP contribution in [-0.2, 0) is 4.74 Å². The molecule has 0 aromatic heterocycles. The predicted molar refractivity (Wildman–Crippen MR) is 110 cm³/mol. The Morgan fingerprint density at radius 1 is 0.929 bits per heavy atom. The second-order valence-electron chi connectivity index (χ2n) is 7.54. The first kappa shape index (κ1) is 21.2. The molecule has 0 saturated carbocycles. The molecule has 1 saturated heterocycles. The Kier molecular flexibility index (Phi) is 6.39. The van der Waals surface area contributed by atoms with Crippen molar-refractivity contribution in [1.82, 2.24) is 0 Å². The minimum atomic E-state index is -2.11. The maximum atomic E-state index is 11.9. The minimum Gasteiger partial charge on any atom is -0.388 e. The normalized spacial score (nSPS) is 33.2. The predicted octanol–water partition coefficient (Wildman–Crippen LogP) is 0.585. The van der Waals surface area contributed by atoms with Crippen LogP contribution in [0.15, 0.2) is 60.7 Å². The molecular formula is C22H29O5Si. The van der Waals surface area contributed by atoms with E-state index in [-0.39, 0.29) is 6.42 Å². The second kappa shape index (κ2) is 8.45. The fourth-order valence-corrected chi connectivity index (χ4v) is 7.16. The van der Waals surface area contributed by atoms with Crippen LogP contribution in [0.2, 0.25) is 0 Å². The lowest BCUT2D eigenvalue weighted by atomic mass is 9.82. The molecule has 2 aromatic rings. The van der Waals surface area contributed by atoms with Crippen LogP contribution in [0, 0.1) is 0 Å². The lowest BCUT2D eigenvalue weighted by molar-refractivity contribution is -0.350. The van der Waals surface area contributed by atoms with E-state index in [2.05, 4.69) is 0 Å². The van der Waals surface area contributed by atoms with Gasteiger partial charge in [-0.15, -0.1) is 0 Å². The number of hydrogen-bond donors (Lipinski definition) is 4. The SMILES string of the molecule is CCCC[C@]1(O)[C@H](O)[C@H](O)[C@H](C)OC1(O)[Si](c1ccccc1)c1ccccc1. The maximum absolute atomic E-state index is 11.9. The zero-order valence-electron chi connectivity index (χ0n) is 16.3. The monoisotopic (exact) mass is 401 g/mol. The smallest absolute Gasteiger partial charge is 0.199 e. The van der Waals surface area contributed by atoms with Gasteiger partial charge in [0.25, 0.3) is 0 Å². The highest BCUT2D eigenvalue weighted by molar-refractivity contribution is 6.87. The third kappa shape index (κ3) is 3.56. The van der Waals surface area contributed by atoms with E-state index in [0.29, 0.717) is 6.42 Å². The van der Waals surface area contributed by atoms with Crippen LogP contribution in [0.25, 0.3) is 0 Å². The molecular weight excluding hydrogens is 372 g/mol. The van der Waals surface area contributed by atoms with Crippen molar-refractivity contribution in [2.24, 2.45) is 0 Å². The summed E-state index contributed by atoms with van der Waals surface area (Å²) >= 11 is 0. The summed E-state index contributed by atoms with van der Waals surface area (Å²) in [7, 11) is -2.11. The summed E-state index contributed by atoms with van der Waals surface area (Å²) < 4.78 is 5.98. The molecule has 0 spiro atoms. The van der Waals surface area contributed by atoms with Crippen molar-refractivity contribution in [3.63, 3.8) is 0 Å². The van der Waals surface area contributed by atoms with Gasteiger partial charge in [0.2, 0.25) is 0 Å². The fraction of sp³-hybridized carbons (Fsp3) is 0.455. The molecule has 1 fully saturated rings. The first-order valence-electron chi connectivity index (χ1n) is 9.82. The number of unbranched alkanes of at least 4 members (excludes halogenated alkanes) is 1. The van der Waals surface area contributed by atoms with Gasteiger partial charge in [-0.05, 0) is 13.3 Å². The topological polar surface area (TPSA) is 90.2 Å². The average Bonchev–Trinajstić information content (AvgIpc) is 2.71. The van der Waals surface area contributed by atoms with E-state index in [1.807, 2.05) is 67.6 Å². The van der Waals surface area contributed by atoms with Gasteiger partial charge in [0.05, 0.1) is 6.10 Å². The molecule has 6 heteroatoms. The quantitative estimate of drug-likeness (QED) is 0.532. The Bertz CT molecular complexity index is 719.